The van der Waals surface area contributed by atoms with Gasteiger partial charge in [0, 0.05) is 34.8 Å². The van der Waals surface area contributed by atoms with Crippen LogP contribution in [-0.2, 0) is 5.54 Å². The average Bonchev–Trinajstić information content (AvgIpc) is 3.03. The van der Waals surface area contributed by atoms with Crippen LogP contribution in [0.3, 0.4) is 0 Å². The van der Waals surface area contributed by atoms with Crippen molar-refractivity contribution in [1.29, 1.82) is 0 Å². The van der Waals surface area contributed by atoms with Crippen LogP contribution in [0, 0.1) is 17.3 Å². The Hall–Kier alpha value is -2.12. The number of aromatic nitrogens is 1. The van der Waals surface area contributed by atoms with Gasteiger partial charge in [-0.3, -0.25) is 9.98 Å². The van der Waals surface area contributed by atoms with E-state index in [1.807, 2.05) is 19.3 Å². The predicted molar refractivity (Wildman–Crippen MR) is 109 cm³/mol. The first kappa shape index (κ1) is 17.3. The van der Waals surface area contributed by atoms with Gasteiger partial charge in [0.15, 0.2) is 0 Å². The molecule has 0 amide bonds. The summed E-state index contributed by atoms with van der Waals surface area (Å²) in [5.74, 6) is 6.84. The summed E-state index contributed by atoms with van der Waals surface area (Å²) in [4.78, 5) is 10.6. The molecule has 2 aliphatic rings. The van der Waals surface area contributed by atoms with Gasteiger partial charge in [-0.05, 0) is 68.0 Å². The summed E-state index contributed by atoms with van der Waals surface area (Å²) >= 11 is 1.79. The van der Waals surface area contributed by atoms with Crippen molar-refractivity contribution < 1.29 is 0 Å². The third kappa shape index (κ3) is 3.17. The Bertz CT molecular complexity index is 911. The molecule has 1 fully saturated rings. The lowest BCUT2D eigenvalue weighted by molar-refractivity contribution is 0.0833. The van der Waals surface area contributed by atoms with E-state index in [9.17, 15) is 0 Å². The lowest BCUT2D eigenvalue weighted by Gasteiger charge is -2.45. The number of nitrogens with zero attached hydrogens (tertiary/aromatic N) is 2. The summed E-state index contributed by atoms with van der Waals surface area (Å²) in [5.41, 5.74) is 9.74. The summed E-state index contributed by atoms with van der Waals surface area (Å²) < 4.78 is 0. The van der Waals surface area contributed by atoms with Gasteiger partial charge < -0.3 is 5.73 Å². The first-order valence-corrected chi connectivity index (χ1v) is 10.2. The number of amidine groups is 1. The lowest BCUT2D eigenvalue weighted by atomic mass is 9.61. The number of pyridine rings is 1. The molecule has 2 aromatic rings. The summed E-state index contributed by atoms with van der Waals surface area (Å²) in [6.07, 6.45) is 11.0. The Morgan fingerprint density at radius 2 is 2.00 bits per heavy atom. The topological polar surface area (TPSA) is 51.3 Å². The molecule has 0 saturated heterocycles. The summed E-state index contributed by atoms with van der Waals surface area (Å²) in [5, 5.41) is 2.21. The molecular weight excluding hydrogens is 338 g/mol. The van der Waals surface area contributed by atoms with Gasteiger partial charge in [-0.15, -0.1) is 17.3 Å². The van der Waals surface area contributed by atoms with Gasteiger partial charge in [0.1, 0.15) is 0 Å². The van der Waals surface area contributed by atoms with Gasteiger partial charge in [0.05, 0.1) is 11.4 Å². The molecule has 1 atom stereocenters. The number of hydrogen-bond donors (Lipinski definition) is 1. The summed E-state index contributed by atoms with van der Waals surface area (Å²) in [7, 11) is 0. The van der Waals surface area contributed by atoms with E-state index >= 15 is 0 Å². The Morgan fingerprint density at radius 3 is 2.73 bits per heavy atom. The Labute approximate surface area is 159 Å². The maximum atomic E-state index is 6.25. The van der Waals surface area contributed by atoms with Crippen LogP contribution in [0.25, 0.3) is 11.1 Å². The zero-order valence-corrected chi connectivity index (χ0v) is 16.3. The highest BCUT2D eigenvalue weighted by molar-refractivity contribution is 7.10. The quantitative estimate of drug-likeness (QED) is 0.754. The zero-order chi connectivity index (χ0) is 18.2. The Kier molecular flexibility index (Phi) is 4.36. The van der Waals surface area contributed by atoms with E-state index in [-0.39, 0.29) is 5.54 Å². The molecule has 3 heterocycles. The molecule has 2 N–H and O–H groups in total. The van der Waals surface area contributed by atoms with Crippen LogP contribution in [0.1, 0.15) is 62.8 Å². The minimum Gasteiger partial charge on any atom is -0.387 e. The zero-order valence-electron chi connectivity index (χ0n) is 15.5. The molecule has 4 heteroatoms. The molecule has 2 aromatic heterocycles. The Balaban J connectivity index is 1.68. The van der Waals surface area contributed by atoms with Gasteiger partial charge in [0.25, 0.3) is 0 Å². The third-order valence-electron chi connectivity index (χ3n) is 5.91. The largest absolute Gasteiger partial charge is 0.387 e. The van der Waals surface area contributed by atoms with Crippen molar-refractivity contribution in [3.8, 4) is 23.0 Å². The first-order chi connectivity index (χ1) is 12.5. The van der Waals surface area contributed by atoms with E-state index in [2.05, 4.69) is 41.3 Å². The second-order valence-corrected chi connectivity index (χ2v) is 8.86. The van der Waals surface area contributed by atoms with E-state index in [1.54, 1.807) is 11.3 Å². The predicted octanol–water partition coefficient (Wildman–Crippen LogP) is 5.11. The maximum absolute atomic E-state index is 6.25. The minimum atomic E-state index is -0.210. The highest BCUT2D eigenvalue weighted by Gasteiger charge is 2.45. The molecule has 3 nitrogen and oxygen atoms in total. The second-order valence-electron chi connectivity index (χ2n) is 7.94. The monoisotopic (exact) mass is 363 g/mol. The highest BCUT2D eigenvalue weighted by atomic mass is 32.1. The maximum Gasteiger partial charge on any atom is 0.0948 e. The molecule has 0 bridgehead atoms. The van der Waals surface area contributed by atoms with Crippen molar-refractivity contribution in [3.63, 3.8) is 0 Å². The van der Waals surface area contributed by atoms with Gasteiger partial charge in [-0.1, -0.05) is 12.3 Å². The van der Waals surface area contributed by atoms with E-state index in [0.717, 1.165) is 29.8 Å². The van der Waals surface area contributed by atoms with E-state index in [1.165, 1.54) is 36.1 Å². The van der Waals surface area contributed by atoms with Crippen LogP contribution in [-0.4, -0.2) is 10.8 Å². The molecule has 1 saturated carbocycles. The van der Waals surface area contributed by atoms with Crippen LogP contribution in [0.2, 0.25) is 0 Å². The second kappa shape index (κ2) is 6.55. The SMILES string of the molecule is CC#Cc1cncc(-c2csc(C3(C)CC4(CCC4)CCC(N)=N3)c2)c1. The Morgan fingerprint density at radius 1 is 1.15 bits per heavy atom. The van der Waals surface area contributed by atoms with Crippen molar-refractivity contribution in [2.24, 2.45) is 16.1 Å². The standard InChI is InChI=1S/C22H25N3S/c1-3-5-16-10-17(13-24-12-16)18-11-19(26-14-18)21(2)15-22(7-4-8-22)9-6-20(23)25-21/h10-14H,4,6-9,15H2,1-2H3,(H2,23,25). The van der Waals surface area contributed by atoms with Crippen molar-refractivity contribution in [1.82, 2.24) is 4.98 Å². The molecule has 1 spiro atoms. The van der Waals surface area contributed by atoms with Crippen molar-refractivity contribution in [3.05, 3.63) is 40.3 Å². The fourth-order valence-corrected chi connectivity index (χ4v) is 5.48. The number of nitrogens with two attached hydrogens (primary N) is 1. The van der Waals surface area contributed by atoms with E-state index in [4.69, 9.17) is 10.7 Å². The average molecular weight is 364 g/mol. The van der Waals surface area contributed by atoms with Crippen LogP contribution in [0.15, 0.2) is 34.9 Å². The van der Waals surface area contributed by atoms with Crippen LogP contribution in [0.5, 0.6) is 0 Å². The van der Waals surface area contributed by atoms with E-state index < -0.39 is 0 Å². The summed E-state index contributed by atoms with van der Waals surface area (Å²) in [6.45, 7) is 4.11. The first-order valence-electron chi connectivity index (χ1n) is 9.33. The lowest BCUT2D eigenvalue weighted by Crippen LogP contribution is -2.35. The third-order valence-corrected chi connectivity index (χ3v) is 7.09. The molecule has 1 unspecified atom stereocenters. The number of thiophene rings is 1. The van der Waals surface area contributed by atoms with Crippen molar-refractivity contribution in [2.75, 3.05) is 0 Å². The number of hydrogen-bond acceptors (Lipinski definition) is 4. The molecule has 0 aromatic carbocycles. The fraction of sp³-hybridized carbons (Fsp3) is 0.455. The van der Waals surface area contributed by atoms with Crippen molar-refractivity contribution in [2.45, 2.75) is 57.9 Å². The van der Waals surface area contributed by atoms with Crippen LogP contribution >= 0.6 is 11.3 Å². The highest BCUT2D eigenvalue weighted by Crippen LogP contribution is 2.55. The van der Waals surface area contributed by atoms with Crippen LogP contribution < -0.4 is 5.73 Å². The molecule has 1 aliphatic carbocycles. The molecule has 26 heavy (non-hydrogen) atoms. The normalized spacial score (nSPS) is 24.2. The molecule has 1 aliphatic heterocycles. The number of aliphatic imine (C=N–C) groups is 1. The minimum absolute atomic E-state index is 0.210. The van der Waals surface area contributed by atoms with Gasteiger partial charge >= 0.3 is 0 Å². The van der Waals surface area contributed by atoms with Gasteiger partial charge in [-0.2, -0.15) is 0 Å². The van der Waals surface area contributed by atoms with Gasteiger partial charge in [-0.25, -0.2) is 0 Å². The molecular formula is C22H25N3S. The number of rotatable bonds is 2. The molecule has 0 radical (unpaired) electrons. The molecule has 4 rings (SSSR count). The fourth-order valence-electron chi connectivity index (χ4n) is 4.45. The molecule has 134 valence electrons. The van der Waals surface area contributed by atoms with Gasteiger partial charge in [0.2, 0.25) is 0 Å². The van der Waals surface area contributed by atoms with E-state index in [0.29, 0.717) is 5.41 Å². The van der Waals surface area contributed by atoms with Crippen molar-refractivity contribution >= 4 is 17.2 Å². The summed E-state index contributed by atoms with van der Waals surface area (Å²) in [6, 6.07) is 4.38. The van der Waals surface area contributed by atoms with Crippen LogP contribution in [0.4, 0.5) is 0 Å². The smallest absolute Gasteiger partial charge is 0.0948 e.